The SMILES string of the molecule is CCC(CC(=O)N1CCC(C)(CN)C1)c1ccccc1. The number of carbonyl (C=O) groups is 1. The quantitative estimate of drug-likeness (QED) is 0.897. The molecule has 3 heteroatoms. The first-order valence-electron chi connectivity index (χ1n) is 7.61. The van der Waals surface area contributed by atoms with Gasteiger partial charge in [0.2, 0.25) is 5.91 Å². The van der Waals surface area contributed by atoms with Gasteiger partial charge < -0.3 is 10.6 Å². The van der Waals surface area contributed by atoms with E-state index in [9.17, 15) is 4.79 Å². The van der Waals surface area contributed by atoms with Crippen molar-refractivity contribution in [3.63, 3.8) is 0 Å². The summed E-state index contributed by atoms with van der Waals surface area (Å²) in [6, 6.07) is 10.4. The van der Waals surface area contributed by atoms with E-state index in [1.54, 1.807) is 0 Å². The lowest BCUT2D eigenvalue weighted by atomic mass is 9.90. The van der Waals surface area contributed by atoms with Crippen LogP contribution in [0.5, 0.6) is 0 Å². The highest BCUT2D eigenvalue weighted by atomic mass is 16.2. The van der Waals surface area contributed by atoms with Crippen molar-refractivity contribution >= 4 is 5.91 Å². The van der Waals surface area contributed by atoms with E-state index in [4.69, 9.17) is 5.73 Å². The number of hydrogen-bond donors (Lipinski definition) is 1. The molecule has 1 aliphatic rings. The van der Waals surface area contributed by atoms with E-state index >= 15 is 0 Å². The Morgan fingerprint density at radius 1 is 1.40 bits per heavy atom. The summed E-state index contributed by atoms with van der Waals surface area (Å²) >= 11 is 0. The third-order valence-electron chi connectivity index (χ3n) is 4.59. The van der Waals surface area contributed by atoms with E-state index in [-0.39, 0.29) is 11.3 Å². The van der Waals surface area contributed by atoms with Crippen LogP contribution >= 0.6 is 0 Å². The third-order valence-corrected chi connectivity index (χ3v) is 4.59. The third kappa shape index (κ3) is 3.40. The van der Waals surface area contributed by atoms with Crippen molar-refractivity contribution in [3.05, 3.63) is 35.9 Å². The topological polar surface area (TPSA) is 46.3 Å². The predicted molar refractivity (Wildman–Crippen MR) is 82.4 cm³/mol. The average molecular weight is 274 g/mol. The number of benzene rings is 1. The zero-order valence-electron chi connectivity index (χ0n) is 12.6. The van der Waals surface area contributed by atoms with Gasteiger partial charge in [0, 0.05) is 19.5 Å². The summed E-state index contributed by atoms with van der Waals surface area (Å²) in [4.78, 5) is 14.5. The lowest BCUT2D eigenvalue weighted by molar-refractivity contribution is -0.130. The van der Waals surface area contributed by atoms with Gasteiger partial charge in [-0.25, -0.2) is 0 Å². The highest BCUT2D eigenvalue weighted by Gasteiger charge is 2.35. The van der Waals surface area contributed by atoms with E-state index in [1.807, 2.05) is 23.1 Å². The molecule has 20 heavy (non-hydrogen) atoms. The van der Waals surface area contributed by atoms with E-state index in [0.717, 1.165) is 25.9 Å². The number of carbonyl (C=O) groups excluding carboxylic acids is 1. The van der Waals surface area contributed by atoms with Crippen LogP contribution in [0.3, 0.4) is 0 Å². The fourth-order valence-electron chi connectivity index (χ4n) is 2.97. The van der Waals surface area contributed by atoms with Gasteiger partial charge in [0.1, 0.15) is 0 Å². The maximum Gasteiger partial charge on any atom is 0.223 e. The first-order chi connectivity index (χ1) is 9.58. The molecular formula is C17H26N2O. The van der Waals surface area contributed by atoms with Crippen LogP contribution in [-0.2, 0) is 4.79 Å². The van der Waals surface area contributed by atoms with Crippen molar-refractivity contribution in [3.8, 4) is 0 Å². The minimum atomic E-state index is 0.115. The summed E-state index contributed by atoms with van der Waals surface area (Å²) in [6.45, 7) is 6.66. The zero-order chi connectivity index (χ0) is 14.6. The predicted octanol–water partition coefficient (Wildman–Crippen LogP) is 2.77. The molecule has 0 saturated carbocycles. The van der Waals surface area contributed by atoms with Crippen molar-refractivity contribution in [2.24, 2.45) is 11.1 Å². The van der Waals surface area contributed by atoms with Crippen LogP contribution in [0.2, 0.25) is 0 Å². The fourth-order valence-corrected chi connectivity index (χ4v) is 2.97. The molecule has 1 heterocycles. The largest absolute Gasteiger partial charge is 0.342 e. The summed E-state index contributed by atoms with van der Waals surface area (Å²) in [5.74, 6) is 0.603. The number of likely N-dealkylation sites (tertiary alicyclic amines) is 1. The molecule has 3 nitrogen and oxygen atoms in total. The molecule has 2 atom stereocenters. The van der Waals surface area contributed by atoms with Crippen molar-refractivity contribution < 1.29 is 4.79 Å². The van der Waals surface area contributed by atoms with Crippen LogP contribution in [0.15, 0.2) is 30.3 Å². The molecule has 2 unspecified atom stereocenters. The normalized spacial score (nSPS) is 23.9. The van der Waals surface area contributed by atoms with Crippen LogP contribution in [0.25, 0.3) is 0 Å². The molecule has 0 aromatic heterocycles. The second-order valence-electron chi connectivity index (χ2n) is 6.30. The Kier molecular flexibility index (Phi) is 4.81. The Labute approximate surface area is 122 Å². The highest BCUT2D eigenvalue weighted by molar-refractivity contribution is 5.77. The van der Waals surface area contributed by atoms with E-state index < -0.39 is 0 Å². The molecule has 0 radical (unpaired) electrons. The molecule has 2 rings (SSSR count). The molecular weight excluding hydrogens is 248 g/mol. The lowest BCUT2D eigenvalue weighted by Crippen LogP contribution is -2.35. The fraction of sp³-hybridized carbons (Fsp3) is 0.588. The van der Waals surface area contributed by atoms with Crippen LogP contribution < -0.4 is 5.73 Å². The van der Waals surface area contributed by atoms with Gasteiger partial charge in [-0.2, -0.15) is 0 Å². The van der Waals surface area contributed by atoms with Crippen LogP contribution in [-0.4, -0.2) is 30.4 Å². The highest BCUT2D eigenvalue weighted by Crippen LogP contribution is 2.31. The smallest absolute Gasteiger partial charge is 0.223 e. The Hall–Kier alpha value is -1.35. The molecule has 1 saturated heterocycles. The van der Waals surface area contributed by atoms with Gasteiger partial charge in [-0.15, -0.1) is 0 Å². The Bertz CT molecular complexity index is 446. The first-order valence-corrected chi connectivity index (χ1v) is 7.61. The average Bonchev–Trinajstić information content (AvgIpc) is 2.89. The number of amides is 1. The Morgan fingerprint density at radius 3 is 2.65 bits per heavy atom. The maximum absolute atomic E-state index is 12.5. The van der Waals surface area contributed by atoms with E-state index in [0.29, 0.717) is 18.9 Å². The number of nitrogens with zero attached hydrogens (tertiary/aromatic N) is 1. The summed E-state index contributed by atoms with van der Waals surface area (Å²) < 4.78 is 0. The number of rotatable bonds is 5. The van der Waals surface area contributed by atoms with Crippen LogP contribution in [0.4, 0.5) is 0 Å². The molecule has 0 spiro atoms. The summed E-state index contributed by atoms with van der Waals surface area (Å²) in [5.41, 5.74) is 7.19. The lowest BCUT2D eigenvalue weighted by Gasteiger charge is -2.24. The van der Waals surface area contributed by atoms with E-state index in [1.165, 1.54) is 5.56 Å². The molecule has 2 N–H and O–H groups in total. The van der Waals surface area contributed by atoms with E-state index in [2.05, 4.69) is 26.0 Å². The molecule has 1 aromatic carbocycles. The van der Waals surface area contributed by atoms with Crippen molar-refractivity contribution in [1.29, 1.82) is 0 Å². The summed E-state index contributed by atoms with van der Waals surface area (Å²) in [6.07, 6.45) is 2.64. The monoisotopic (exact) mass is 274 g/mol. The second-order valence-corrected chi connectivity index (χ2v) is 6.30. The van der Waals surface area contributed by atoms with Gasteiger partial charge in [-0.05, 0) is 36.3 Å². The minimum Gasteiger partial charge on any atom is -0.342 e. The van der Waals surface area contributed by atoms with Gasteiger partial charge in [0.15, 0.2) is 0 Å². The van der Waals surface area contributed by atoms with Crippen molar-refractivity contribution in [2.75, 3.05) is 19.6 Å². The standard InChI is InChI=1S/C17H26N2O/c1-3-14(15-7-5-4-6-8-15)11-16(20)19-10-9-17(2,12-18)13-19/h4-8,14H,3,9-13,18H2,1-2H3. The van der Waals surface area contributed by atoms with Crippen molar-refractivity contribution in [1.82, 2.24) is 4.90 Å². The van der Waals surface area contributed by atoms with Crippen molar-refractivity contribution in [2.45, 2.75) is 39.0 Å². The van der Waals surface area contributed by atoms with Gasteiger partial charge in [0.05, 0.1) is 0 Å². The number of hydrogen-bond acceptors (Lipinski definition) is 2. The van der Waals surface area contributed by atoms with Crippen LogP contribution in [0, 0.1) is 5.41 Å². The molecule has 110 valence electrons. The first kappa shape index (κ1) is 15.0. The van der Waals surface area contributed by atoms with Gasteiger partial charge in [0.25, 0.3) is 0 Å². The van der Waals surface area contributed by atoms with Crippen LogP contribution in [0.1, 0.15) is 44.6 Å². The Balaban J connectivity index is 1.97. The molecule has 1 aliphatic heterocycles. The summed E-state index contributed by atoms with van der Waals surface area (Å²) in [5, 5.41) is 0. The molecule has 1 amide bonds. The second kappa shape index (κ2) is 6.40. The van der Waals surface area contributed by atoms with Gasteiger partial charge in [-0.1, -0.05) is 44.2 Å². The maximum atomic E-state index is 12.5. The minimum absolute atomic E-state index is 0.115. The zero-order valence-corrected chi connectivity index (χ0v) is 12.6. The summed E-state index contributed by atoms with van der Waals surface area (Å²) in [7, 11) is 0. The Morgan fingerprint density at radius 2 is 2.10 bits per heavy atom. The number of nitrogens with two attached hydrogens (primary N) is 1. The molecule has 1 aromatic rings. The molecule has 0 aliphatic carbocycles. The molecule has 1 fully saturated rings. The van der Waals surface area contributed by atoms with Gasteiger partial charge >= 0.3 is 0 Å². The van der Waals surface area contributed by atoms with Gasteiger partial charge in [-0.3, -0.25) is 4.79 Å². The molecule has 0 bridgehead atoms.